The van der Waals surface area contributed by atoms with Crippen LogP contribution in [0.1, 0.15) is 104 Å². The maximum atomic E-state index is 6.55. The first kappa shape index (κ1) is 141. The molecule has 0 unspecified atom stereocenters. The molecule has 0 rings (SSSR count). The summed E-state index contributed by atoms with van der Waals surface area (Å²) in [7, 11) is 2.50. The predicted octanol–water partition coefficient (Wildman–Crippen LogP) is 9.27. The van der Waals surface area contributed by atoms with Crippen LogP contribution < -0.4 is 0 Å². The molecular weight excluding hydrogens is 572 g/mol. The summed E-state index contributed by atoms with van der Waals surface area (Å²) < 4.78 is 12.0. The molecule has 0 amide bonds. The Hall–Kier alpha value is 1.38. The van der Waals surface area contributed by atoms with E-state index in [1.807, 2.05) is 13.3 Å². The molecule has 0 aromatic heterocycles. The Bertz CT molecular complexity index is 26.3. The minimum Gasteiger partial charge on any atom is -0.358 e. The van der Waals surface area contributed by atoms with E-state index in [-0.39, 0.29) is 116 Å². The summed E-state index contributed by atoms with van der Waals surface area (Å²) in [5.74, 6) is 0. The van der Waals surface area contributed by atoms with Crippen LogP contribution in [-0.4, -0.2) is 0 Å². The van der Waals surface area contributed by atoms with Crippen molar-refractivity contribution in [3.05, 3.63) is 20.7 Å². The van der Waals surface area contributed by atoms with Crippen LogP contribution >= 0.6 is 0 Å². The van der Waals surface area contributed by atoms with Crippen molar-refractivity contribution in [3.8, 4) is 0 Å². The van der Waals surface area contributed by atoms with Crippen molar-refractivity contribution in [2.45, 2.75) is 101 Å². The summed E-state index contributed by atoms with van der Waals surface area (Å²) in [4.78, 5) is 0. The summed E-state index contributed by atoms with van der Waals surface area (Å²) >= 11 is 0. The van der Waals surface area contributed by atoms with Crippen molar-refractivity contribution in [1.29, 1.82) is 0 Å². The Morgan fingerprint density at radius 3 is 1.00 bits per heavy atom. The topological polar surface area (TPSA) is 0 Å². The monoisotopic (exact) mass is 633 g/mol. The van der Waals surface area contributed by atoms with E-state index in [4.69, 9.17) is 2.74 Å². The molecular formula is C17H57W2-. The maximum Gasteiger partial charge on any atom is 2.00 e. The van der Waals surface area contributed by atoms with E-state index in [0.29, 0.717) is 6.90 Å². The van der Waals surface area contributed by atoms with E-state index < -0.39 is 0 Å². The molecule has 0 aliphatic carbocycles. The molecule has 0 saturated carbocycles. The number of hydrogen-bond acceptors (Lipinski definition) is 0. The molecule has 2 heteroatoms. The first-order chi connectivity index (χ1) is 4.41. The second kappa shape index (κ2) is 574. The van der Waals surface area contributed by atoms with Crippen LogP contribution in [0.5, 0.6) is 0 Å². The van der Waals surface area contributed by atoms with Gasteiger partial charge in [0.25, 0.3) is 0 Å². The number of unbranched alkanes of at least 4 members (excludes halogenated alkanes) is 1. The van der Waals surface area contributed by atoms with Gasteiger partial charge in [0, 0.05) is 21.1 Å². The van der Waals surface area contributed by atoms with E-state index in [1.54, 1.807) is 6.92 Å². The van der Waals surface area contributed by atoms with Crippen LogP contribution in [0.25, 0.3) is 0 Å². The normalized spacial score (nSPS) is 2.95. The Balaban J connectivity index is -0.00000000164. The summed E-state index contributed by atoms with van der Waals surface area (Å²) in [6.07, 6.45) is 2.95. The van der Waals surface area contributed by atoms with Gasteiger partial charge < -0.3 is 20.7 Å². The molecule has 0 heterocycles. The molecule has 19 heavy (non-hydrogen) atoms. The quantitative estimate of drug-likeness (QED) is 0.253. The van der Waals surface area contributed by atoms with E-state index in [0.717, 1.165) is 6.42 Å². The van der Waals surface area contributed by atoms with Gasteiger partial charge in [-0.2, -0.15) is 20.2 Å². The largest absolute Gasteiger partial charge is 2.00 e. The summed E-state index contributed by atoms with van der Waals surface area (Å²) in [5.41, 5.74) is 0. The molecule has 0 aliphatic heterocycles. The van der Waals surface area contributed by atoms with Crippen molar-refractivity contribution >= 4 is 0 Å². The fourth-order valence-corrected chi connectivity index (χ4v) is 0. The van der Waals surface area contributed by atoms with Gasteiger partial charge in [-0.25, -0.2) is 1.37 Å². The first-order valence-electron chi connectivity index (χ1n) is 3.64. The van der Waals surface area contributed by atoms with E-state index in [9.17, 15) is 0 Å². The van der Waals surface area contributed by atoms with Gasteiger partial charge >= 0.3 is 21.1 Å². The minimum absolute atomic E-state index is 0. The molecule has 138 valence electrons. The van der Waals surface area contributed by atoms with Gasteiger partial charge in [-0.1, -0.05) is 81.2 Å². The van der Waals surface area contributed by atoms with Crippen LogP contribution in [0.3, 0.4) is 0 Å². The molecule has 0 saturated heterocycles. The molecule has 0 radical (unpaired) electrons. The van der Waals surface area contributed by atoms with Gasteiger partial charge in [0.2, 0.25) is 0 Å². The fourth-order valence-electron chi connectivity index (χ4n) is 0. The zero-order valence-corrected chi connectivity index (χ0v) is 12.1. The van der Waals surface area contributed by atoms with Crippen LogP contribution in [0.2, 0.25) is 0 Å². The third-order valence-corrected chi connectivity index (χ3v) is 0.289. The smallest absolute Gasteiger partial charge is 0.358 e. The van der Waals surface area contributed by atoms with Gasteiger partial charge in [-0.3, -0.25) is 0 Å². The standard InChI is InChI=1S/C4H9.C2H5.10CH4.CH3.2W/c1-3-4-2;1-2;;;;;;;;;;;;;/h3H,4H2,1-2H3;1H2,2H3;10*1H4;1H3;;/q2*-1;;;;;;;;;;;-1;;+2/i1T;;;;;;;;;;;;1T;;. The van der Waals surface area contributed by atoms with Crippen molar-refractivity contribution in [3.63, 3.8) is 0 Å². The van der Waals surface area contributed by atoms with Crippen LogP contribution in [-0.2, 0) is 42.1 Å². The van der Waals surface area contributed by atoms with Crippen LogP contribution in [0.15, 0.2) is 0 Å². The Morgan fingerprint density at radius 1 is 0.842 bits per heavy atom. The number of rotatable bonds is 1. The molecule has 0 aromatic rings. The second-order valence-electron chi connectivity index (χ2n) is 0.697. The van der Waals surface area contributed by atoms with Gasteiger partial charge in [0.15, 0.2) is 0 Å². The summed E-state index contributed by atoms with van der Waals surface area (Å²) in [6, 6.07) is 0. The Kier molecular flexibility index (Phi) is 4250. The van der Waals surface area contributed by atoms with Crippen molar-refractivity contribution in [2.75, 3.05) is 0 Å². The average molecular weight is 633 g/mol. The van der Waals surface area contributed by atoms with Crippen molar-refractivity contribution in [1.82, 2.24) is 0 Å². The minimum atomic E-state index is 0. The van der Waals surface area contributed by atoms with E-state index in [1.165, 1.54) is 0 Å². The fraction of sp³-hybridized carbons (Fsp3) is 0.824. The molecule has 0 aromatic carbocycles. The zero-order chi connectivity index (χ0) is 8.12. The molecule has 0 bridgehead atoms. The zero-order valence-electron chi connectivity index (χ0n) is 8.22. The van der Waals surface area contributed by atoms with E-state index >= 15 is 0 Å². The Labute approximate surface area is 166 Å². The first-order valence-corrected chi connectivity index (χ1v) is 2.23. The molecule has 0 spiro atoms. The summed E-state index contributed by atoms with van der Waals surface area (Å²) in [6.45, 7) is 7.50. The van der Waals surface area contributed by atoms with Crippen LogP contribution in [0.4, 0.5) is 0 Å². The van der Waals surface area contributed by atoms with Gasteiger partial charge in [0.1, 0.15) is 0 Å². The second-order valence-corrected chi connectivity index (χ2v) is 0.697. The van der Waals surface area contributed by atoms with E-state index in [2.05, 4.69) is 14.3 Å². The van der Waals surface area contributed by atoms with Gasteiger partial charge in [-0.05, 0) is 1.37 Å². The molecule has 0 atom stereocenters. The molecule has 0 fully saturated rings. The third kappa shape index (κ3) is 1040. The SMILES string of the molecule is C.C.C.C.C.C.C.C.C.C.[3H]C[CH-]CC.[3H][CH2-].[CH2-]C.[W+2].[W]. The molecule has 0 aliphatic rings. The maximum absolute atomic E-state index is 6.55. The average Bonchev–Trinajstić information content (AvgIpc) is 1.98. The van der Waals surface area contributed by atoms with Crippen molar-refractivity contribution < 1.29 is 44.9 Å². The molecule has 0 N–H and O–H groups in total. The van der Waals surface area contributed by atoms with Gasteiger partial charge in [-0.15, -0.1) is 0 Å². The molecule has 0 nitrogen and oxygen atoms in total. The van der Waals surface area contributed by atoms with Crippen molar-refractivity contribution in [2.24, 2.45) is 0 Å². The summed E-state index contributed by atoms with van der Waals surface area (Å²) in [5, 5.41) is 0. The van der Waals surface area contributed by atoms with Crippen LogP contribution in [0, 0.1) is 20.7 Å². The predicted molar refractivity (Wildman–Crippen MR) is 105 cm³/mol. The third-order valence-electron chi connectivity index (χ3n) is 0.289. The Morgan fingerprint density at radius 2 is 1.00 bits per heavy atom. The van der Waals surface area contributed by atoms with Gasteiger partial charge in [0.05, 0.1) is 0 Å². The number of hydrogen-bond donors (Lipinski definition) is 0.